The Hall–Kier alpha value is -0.580. The molecule has 0 heterocycles. The largest absolute Gasteiger partial charge is 0.513 e. The summed E-state index contributed by atoms with van der Waals surface area (Å²) >= 11 is 0. The van der Waals surface area contributed by atoms with E-state index in [0.717, 1.165) is 12.1 Å². The molecule has 0 saturated heterocycles. The molecule has 0 unspecified atom stereocenters. The zero-order valence-corrected chi connectivity index (χ0v) is 16.8. The van der Waals surface area contributed by atoms with Crippen LogP contribution in [0, 0.1) is 10.8 Å². The molecule has 0 spiro atoms. The van der Waals surface area contributed by atoms with Crippen molar-refractivity contribution in [3.05, 3.63) is 11.3 Å². The Morgan fingerprint density at radius 3 is 1.83 bits per heavy atom. The molecule has 0 saturated carbocycles. The van der Waals surface area contributed by atoms with Crippen LogP contribution in [0.2, 0.25) is 0 Å². The SMILES string of the molecule is C/C(O)=C(/COCCOCCNC(C)(C)C(C)(C)C)C(C)(C)C. The quantitative estimate of drug-likeness (QED) is 0.489. The topological polar surface area (TPSA) is 50.7 Å². The summed E-state index contributed by atoms with van der Waals surface area (Å²) in [6.45, 7) is 22.1. The molecule has 0 aliphatic rings. The van der Waals surface area contributed by atoms with E-state index in [4.69, 9.17) is 9.47 Å². The van der Waals surface area contributed by atoms with Crippen LogP contribution in [-0.2, 0) is 9.47 Å². The Morgan fingerprint density at radius 1 is 0.870 bits per heavy atom. The molecule has 4 nitrogen and oxygen atoms in total. The summed E-state index contributed by atoms with van der Waals surface area (Å²) in [4.78, 5) is 0. The number of hydrogen-bond donors (Lipinski definition) is 2. The number of allylic oxidation sites excluding steroid dienone is 1. The number of hydrogen-bond acceptors (Lipinski definition) is 4. The second kappa shape index (κ2) is 9.05. The monoisotopic (exact) mass is 329 g/mol. The minimum Gasteiger partial charge on any atom is -0.513 e. The molecule has 0 atom stereocenters. The number of aliphatic hydroxyl groups is 1. The van der Waals surface area contributed by atoms with Gasteiger partial charge >= 0.3 is 0 Å². The van der Waals surface area contributed by atoms with Crippen molar-refractivity contribution in [1.82, 2.24) is 5.32 Å². The van der Waals surface area contributed by atoms with Gasteiger partial charge in [-0.25, -0.2) is 0 Å². The van der Waals surface area contributed by atoms with Crippen molar-refractivity contribution < 1.29 is 14.6 Å². The Balaban J connectivity index is 3.86. The predicted octanol–water partition coefficient (Wildman–Crippen LogP) is 4.31. The van der Waals surface area contributed by atoms with Crippen LogP contribution in [0.15, 0.2) is 11.3 Å². The fourth-order valence-electron chi connectivity index (χ4n) is 1.96. The molecule has 4 heteroatoms. The van der Waals surface area contributed by atoms with E-state index in [1.54, 1.807) is 6.92 Å². The van der Waals surface area contributed by atoms with E-state index in [0.29, 0.717) is 32.2 Å². The van der Waals surface area contributed by atoms with E-state index in [2.05, 4.69) is 60.7 Å². The molecule has 23 heavy (non-hydrogen) atoms. The third kappa shape index (κ3) is 8.73. The lowest BCUT2D eigenvalue weighted by atomic mass is 9.76. The highest BCUT2D eigenvalue weighted by atomic mass is 16.5. The van der Waals surface area contributed by atoms with E-state index in [1.165, 1.54) is 0 Å². The molecule has 0 rings (SSSR count). The van der Waals surface area contributed by atoms with E-state index in [9.17, 15) is 5.11 Å². The van der Waals surface area contributed by atoms with Gasteiger partial charge in [-0.1, -0.05) is 41.5 Å². The van der Waals surface area contributed by atoms with Crippen molar-refractivity contribution in [3.63, 3.8) is 0 Å². The number of aliphatic hydroxyl groups excluding tert-OH is 1. The van der Waals surface area contributed by atoms with Gasteiger partial charge in [-0.3, -0.25) is 0 Å². The highest BCUT2D eigenvalue weighted by Crippen LogP contribution is 2.29. The van der Waals surface area contributed by atoms with Crippen LogP contribution >= 0.6 is 0 Å². The fraction of sp³-hybridized carbons (Fsp3) is 0.895. The van der Waals surface area contributed by atoms with E-state index in [-0.39, 0.29) is 16.4 Å². The van der Waals surface area contributed by atoms with Crippen LogP contribution in [0.5, 0.6) is 0 Å². The molecule has 0 bridgehead atoms. The second-order valence-corrected chi connectivity index (χ2v) is 8.78. The minimum absolute atomic E-state index is 0.0674. The molecule has 0 fully saturated rings. The van der Waals surface area contributed by atoms with Gasteiger partial charge in [0.25, 0.3) is 0 Å². The molecular formula is C19H39NO3. The van der Waals surface area contributed by atoms with E-state index >= 15 is 0 Å². The smallest absolute Gasteiger partial charge is 0.0912 e. The van der Waals surface area contributed by atoms with Gasteiger partial charge in [-0.2, -0.15) is 0 Å². The Morgan fingerprint density at radius 2 is 1.39 bits per heavy atom. The molecule has 0 aromatic rings. The summed E-state index contributed by atoms with van der Waals surface area (Å²) in [5, 5.41) is 13.3. The summed E-state index contributed by atoms with van der Waals surface area (Å²) in [6.07, 6.45) is 0. The summed E-state index contributed by atoms with van der Waals surface area (Å²) < 4.78 is 11.2. The minimum atomic E-state index is -0.0812. The standard InChI is InChI=1S/C19H39NO3/c1-15(21)16(17(2,3)4)14-23-13-12-22-11-10-20-19(8,9)18(5,6)7/h20-21H,10-14H2,1-9H3/b16-15+. The summed E-state index contributed by atoms with van der Waals surface area (Å²) in [6, 6.07) is 0. The zero-order chi connectivity index (χ0) is 18.3. The van der Waals surface area contributed by atoms with Gasteiger partial charge in [0.05, 0.1) is 32.2 Å². The van der Waals surface area contributed by atoms with Crippen LogP contribution < -0.4 is 5.32 Å². The van der Waals surface area contributed by atoms with Crippen LogP contribution in [0.3, 0.4) is 0 Å². The summed E-state index contributed by atoms with van der Waals surface area (Å²) in [5.41, 5.74) is 1.12. The van der Waals surface area contributed by atoms with Crippen molar-refractivity contribution in [1.29, 1.82) is 0 Å². The maximum Gasteiger partial charge on any atom is 0.0912 e. The maximum absolute atomic E-state index is 9.72. The molecule has 0 aliphatic heterocycles. The third-order valence-electron chi connectivity index (χ3n) is 4.65. The molecule has 138 valence electrons. The van der Waals surface area contributed by atoms with Gasteiger partial charge in [0, 0.05) is 12.1 Å². The van der Waals surface area contributed by atoms with Gasteiger partial charge < -0.3 is 19.9 Å². The molecule has 2 N–H and O–H groups in total. The number of rotatable bonds is 9. The van der Waals surface area contributed by atoms with Gasteiger partial charge in [0.1, 0.15) is 0 Å². The average molecular weight is 330 g/mol. The number of ether oxygens (including phenoxy) is 2. The first kappa shape index (κ1) is 22.4. The Kier molecular flexibility index (Phi) is 8.82. The molecule has 0 aromatic carbocycles. The summed E-state index contributed by atoms with van der Waals surface area (Å²) in [5.74, 6) is 0.354. The zero-order valence-electron chi connectivity index (χ0n) is 16.8. The molecule has 0 radical (unpaired) electrons. The van der Waals surface area contributed by atoms with Crippen LogP contribution in [0.25, 0.3) is 0 Å². The first-order valence-corrected chi connectivity index (χ1v) is 8.59. The van der Waals surface area contributed by atoms with E-state index < -0.39 is 0 Å². The highest BCUT2D eigenvalue weighted by Gasteiger charge is 2.31. The van der Waals surface area contributed by atoms with Gasteiger partial charge in [0.15, 0.2) is 0 Å². The van der Waals surface area contributed by atoms with Crippen molar-refractivity contribution >= 4 is 0 Å². The molecule has 0 aromatic heterocycles. The van der Waals surface area contributed by atoms with E-state index in [1.807, 2.05) is 0 Å². The third-order valence-corrected chi connectivity index (χ3v) is 4.65. The highest BCUT2D eigenvalue weighted by molar-refractivity contribution is 5.14. The van der Waals surface area contributed by atoms with Crippen molar-refractivity contribution in [2.75, 3.05) is 33.0 Å². The van der Waals surface area contributed by atoms with Crippen LogP contribution in [0.4, 0.5) is 0 Å². The molecule has 0 amide bonds. The van der Waals surface area contributed by atoms with Gasteiger partial charge in [-0.15, -0.1) is 0 Å². The lowest BCUT2D eigenvalue weighted by Gasteiger charge is -2.39. The molecule has 0 aliphatic carbocycles. The van der Waals surface area contributed by atoms with Crippen molar-refractivity contribution in [3.8, 4) is 0 Å². The number of nitrogens with one attached hydrogen (secondary N) is 1. The fourth-order valence-corrected chi connectivity index (χ4v) is 1.96. The maximum atomic E-state index is 9.72. The van der Waals surface area contributed by atoms with Gasteiger partial charge in [0.2, 0.25) is 0 Å². The van der Waals surface area contributed by atoms with Gasteiger partial charge in [-0.05, 0) is 37.2 Å². The Labute approximate surface area is 143 Å². The molecular weight excluding hydrogens is 290 g/mol. The lowest BCUT2D eigenvalue weighted by molar-refractivity contribution is 0.0478. The average Bonchev–Trinajstić information content (AvgIpc) is 2.33. The first-order chi connectivity index (χ1) is 10.3. The second-order valence-electron chi connectivity index (χ2n) is 8.78. The normalized spacial score (nSPS) is 14.8. The lowest BCUT2D eigenvalue weighted by Crippen LogP contribution is -2.51. The van der Waals surface area contributed by atoms with Crippen molar-refractivity contribution in [2.24, 2.45) is 10.8 Å². The van der Waals surface area contributed by atoms with Crippen LogP contribution in [-0.4, -0.2) is 43.6 Å². The predicted molar refractivity (Wildman–Crippen MR) is 98.0 cm³/mol. The van der Waals surface area contributed by atoms with Crippen LogP contribution in [0.1, 0.15) is 62.3 Å². The Bertz CT molecular complexity index is 369. The summed E-state index contributed by atoms with van der Waals surface area (Å²) in [7, 11) is 0. The first-order valence-electron chi connectivity index (χ1n) is 8.59. The van der Waals surface area contributed by atoms with Crippen molar-refractivity contribution in [2.45, 2.75) is 67.9 Å².